The van der Waals surface area contributed by atoms with Crippen LogP contribution in [-0.4, -0.2) is 42.5 Å². The number of rotatable bonds is 5. The maximum atomic E-state index is 5.38. The van der Waals surface area contributed by atoms with Gasteiger partial charge in [0.25, 0.3) is 0 Å². The predicted molar refractivity (Wildman–Crippen MR) is 90.3 cm³/mol. The smallest absolute Gasteiger partial charge is 0.231 e. The summed E-state index contributed by atoms with van der Waals surface area (Å²) in [5.41, 5.74) is 1.13. The minimum absolute atomic E-state index is 0.307. The van der Waals surface area contributed by atoms with Gasteiger partial charge in [0.05, 0.1) is 0 Å². The molecule has 2 heterocycles. The summed E-state index contributed by atoms with van der Waals surface area (Å²) in [7, 11) is 0. The van der Waals surface area contributed by atoms with Gasteiger partial charge in [0, 0.05) is 19.1 Å². The van der Waals surface area contributed by atoms with Crippen molar-refractivity contribution in [3.63, 3.8) is 0 Å². The van der Waals surface area contributed by atoms with Crippen molar-refractivity contribution in [2.75, 3.05) is 26.4 Å². The summed E-state index contributed by atoms with van der Waals surface area (Å²) < 4.78 is 10.7. The van der Waals surface area contributed by atoms with Gasteiger partial charge in [-0.15, -0.1) is 0 Å². The van der Waals surface area contributed by atoms with Crippen molar-refractivity contribution in [1.82, 2.24) is 15.5 Å². The number of ether oxygens (including phenoxy) is 2. The van der Waals surface area contributed by atoms with E-state index < -0.39 is 0 Å². The molecule has 2 N–H and O–H groups in total. The number of hydrogen-bond donors (Lipinski definition) is 2. The van der Waals surface area contributed by atoms with Crippen molar-refractivity contribution >= 4 is 17.3 Å². The molecule has 0 saturated carbocycles. The Bertz CT molecular complexity index is 538. The first-order valence-electron chi connectivity index (χ1n) is 7.90. The average Bonchev–Trinajstić information content (AvgIpc) is 3.18. The van der Waals surface area contributed by atoms with E-state index in [1.165, 1.54) is 19.4 Å². The molecule has 1 fully saturated rings. The molecule has 0 unspecified atom stereocenters. The first-order valence-corrected chi connectivity index (χ1v) is 8.31. The third kappa shape index (κ3) is 3.62. The summed E-state index contributed by atoms with van der Waals surface area (Å²) in [6, 6.07) is 6.57. The van der Waals surface area contributed by atoms with Crippen LogP contribution in [0.4, 0.5) is 0 Å². The van der Waals surface area contributed by atoms with E-state index in [1.54, 1.807) is 0 Å². The van der Waals surface area contributed by atoms with Crippen LogP contribution in [0.3, 0.4) is 0 Å². The predicted octanol–water partition coefficient (Wildman–Crippen LogP) is 1.86. The van der Waals surface area contributed by atoms with Crippen molar-refractivity contribution in [2.45, 2.75) is 32.4 Å². The van der Waals surface area contributed by atoms with E-state index in [0.717, 1.165) is 30.2 Å². The van der Waals surface area contributed by atoms with Crippen molar-refractivity contribution < 1.29 is 9.47 Å². The molecule has 1 aromatic rings. The Kier molecular flexibility index (Phi) is 5.00. The highest BCUT2D eigenvalue weighted by Gasteiger charge is 2.22. The van der Waals surface area contributed by atoms with Crippen molar-refractivity contribution in [3.8, 4) is 11.5 Å². The molecule has 0 bridgehead atoms. The Morgan fingerprint density at radius 2 is 2.18 bits per heavy atom. The summed E-state index contributed by atoms with van der Waals surface area (Å²) in [4.78, 5) is 2.51. The number of hydrogen-bond acceptors (Lipinski definition) is 4. The van der Waals surface area contributed by atoms with Gasteiger partial charge in [-0.05, 0) is 55.8 Å². The summed E-state index contributed by atoms with van der Waals surface area (Å²) in [5.74, 6) is 1.62. The number of likely N-dealkylation sites (tertiary alicyclic amines) is 1. The Hall–Kier alpha value is -1.53. The zero-order valence-electron chi connectivity index (χ0n) is 12.9. The van der Waals surface area contributed by atoms with Gasteiger partial charge in [-0.2, -0.15) is 0 Å². The van der Waals surface area contributed by atoms with Crippen molar-refractivity contribution in [3.05, 3.63) is 23.8 Å². The monoisotopic (exact) mass is 321 g/mol. The molecule has 1 saturated heterocycles. The van der Waals surface area contributed by atoms with Crippen LogP contribution in [-0.2, 0) is 6.54 Å². The van der Waals surface area contributed by atoms with Crippen LogP contribution in [0.5, 0.6) is 11.5 Å². The second kappa shape index (κ2) is 7.15. The number of thiocarbonyl (C=S) groups is 1. The molecule has 5 nitrogen and oxygen atoms in total. The van der Waals surface area contributed by atoms with E-state index in [4.69, 9.17) is 21.7 Å². The van der Waals surface area contributed by atoms with Gasteiger partial charge >= 0.3 is 0 Å². The highest BCUT2D eigenvalue weighted by atomic mass is 32.1. The molecule has 2 aliphatic rings. The maximum Gasteiger partial charge on any atom is 0.231 e. The van der Waals surface area contributed by atoms with E-state index in [0.29, 0.717) is 24.5 Å². The molecule has 1 aromatic carbocycles. The molecule has 6 heteroatoms. The molecule has 22 heavy (non-hydrogen) atoms. The summed E-state index contributed by atoms with van der Waals surface area (Å²) in [5, 5.41) is 7.30. The number of fused-ring (bicyclic) bond motifs is 1. The quantitative estimate of drug-likeness (QED) is 0.807. The van der Waals surface area contributed by atoms with Crippen LogP contribution in [0, 0.1) is 0 Å². The third-order valence-corrected chi connectivity index (χ3v) is 4.58. The van der Waals surface area contributed by atoms with Gasteiger partial charge in [-0.25, -0.2) is 0 Å². The lowest BCUT2D eigenvalue weighted by molar-refractivity contribution is 0.174. The summed E-state index contributed by atoms with van der Waals surface area (Å²) >= 11 is 5.37. The number of likely N-dealkylation sites (N-methyl/N-ethyl adjacent to an activating group) is 1. The largest absolute Gasteiger partial charge is 0.454 e. The minimum atomic E-state index is 0.307. The first kappa shape index (κ1) is 15.4. The summed E-state index contributed by atoms with van der Waals surface area (Å²) in [6.45, 7) is 6.45. The van der Waals surface area contributed by atoms with Crippen LogP contribution in [0.2, 0.25) is 0 Å². The third-order valence-electron chi connectivity index (χ3n) is 4.29. The molecule has 120 valence electrons. The molecular formula is C16H23N3O2S. The number of benzene rings is 1. The molecule has 0 amide bonds. The van der Waals surface area contributed by atoms with E-state index in [1.807, 2.05) is 18.2 Å². The lowest BCUT2D eigenvalue weighted by atomic mass is 10.2. The molecule has 2 aliphatic heterocycles. The Balaban J connectivity index is 1.42. The Morgan fingerprint density at radius 1 is 1.32 bits per heavy atom. The number of nitrogens with one attached hydrogen (secondary N) is 2. The molecule has 0 spiro atoms. The molecule has 0 radical (unpaired) electrons. The van der Waals surface area contributed by atoms with E-state index in [9.17, 15) is 0 Å². The summed E-state index contributed by atoms with van der Waals surface area (Å²) in [6.07, 6.45) is 2.54. The van der Waals surface area contributed by atoms with Gasteiger partial charge in [0.15, 0.2) is 16.6 Å². The fourth-order valence-electron chi connectivity index (χ4n) is 3.05. The molecule has 0 aromatic heterocycles. The van der Waals surface area contributed by atoms with Gasteiger partial charge in [0.1, 0.15) is 0 Å². The SMILES string of the molecule is CCN1CCC[C@H]1CNC(=S)NCc1ccc2c(c1)OCO2. The molecule has 0 aliphatic carbocycles. The fraction of sp³-hybridized carbons (Fsp3) is 0.562. The highest BCUT2D eigenvalue weighted by Crippen LogP contribution is 2.32. The number of nitrogens with zero attached hydrogens (tertiary/aromatic N) is 1. The first-order chi connectivity index (χ1) is 10.8. The normalized spacial score (nSPS) is 20.1. The van der Waals surface area contributed by atoms with Crippen LogP contribution in [0.15, 0.2) is 18.2 Å². The molecular weight excluding hydrogens is 298 g/mol. The van der Waals surface area contributed by atoms with Crippen LogP contribution < -0.4 is 20.1 Å². The molecule has 1 atom stereocenters. The standard InChI is InChI=1S/C16H23N3O2S/c1-2-19-7-3-4-13(19)10-18-16(22)17-9-12-5-6-14-15(8-12)21-11-20-14/h5-6,8,13H,2-4,7,9-11H2,1H3,(H2,17,18,22)/t13-/m0/s1. The van der Waals surface area contributed by atoms with Crippen molar-refractivity contribution in [1.29, 1.82) is 0 Å². The van der Waals surface area contributed by atoms with Crippen LogP contribution >= 0.6 is 12.2 Å². The van der Waals surface area contributed by atoms with Gasteiger partial charge < -0.3 is 20.1 Å². The lowest BCUT2D eigenvalue weighted by Gasteiger charge is -2.23. The lowest BCUT2D eigenvalue weighted by Crippen LogP contribution is -2.43. The van der Waals surface area contributed by atoms with Crippen LogP contribution in [0.1, 0.15) is 25.3 Å². The minimum Gasteiger partial charge on any atom is -0.454 e. The fourth-order valence-corrected chi connectivity index (χ4v) is 3.20. The van der Waals surface area contributed by atoms with E-state index >= 15 is 0 Å². The maximum absolute atomic E-state index is 5.38. The van der Waals surface area contributed by atoms with Gasteiger partial charge in [-0.3, -0.25) is 4.90 Å². The molecule has 3 rings (SSSR count). The second-order valence-corrected chi connectivity index (χ2v) is 6.08. The zero-order valence-corrected chi connectivity index (χ0v) is 13.7. The zero-order chi connectivity index (χ0) is 15.4. The Morgan fingerprint density at radius 3 is 3.05 bits per heavy atom. The van der Waals surface area contributed by atoms with E-state index in [-0.39, 0.29) is 0 Å². The van der Waals surface area contributed by atoms with Gasteiger partial charge in [0.2, 0.25) is 6.79 Å². The van der Waals surface area contributed by atoms with Crippen molar-refractivity contribution in [2.24, 2.45) is 0 Å². The average molecular weight is 321 g/mol. The highest BCUT2D eigenvalue weighted by molar-refractivity contribution is 7.80. The van der Waals surface area contributed by atoms with Crippen LogP contribution in [0.25, 0.3) is 0 Å². The Labute approximate surface area is 137 Å². The van der Waals surface area contributed by atoms with E-state index in [2.05, 4.69) is 22.5 Å². The topological polar surface area (TPSA) is 45.8 Å². The second-order valence-electron chi connectivity index (χ2n) is 5.68. The van der Waals surface area contributed by atoms with Gasteiger partial charge in [-0.1, -0.05) is 13.0 Å².